The van der Waals surface area contributed by atoms with Crippen LogP contribution < -0.4 is 5.32 Å². The maximum absolute atomic E-state index is 11.7. The van der Waals surface area contributed by atoms with Crippen LogP contribution in [-0.2, 0) is 4.74 Å². The number of benzene rings is 1. The highest BCUT2D eigenvalue weighted by atomic mass is 16.5. The van der Waals surface area contributed by atoms with Crippen LogP contribution in [0.15, 0.2) is 18.2 Å². The number of nitrogens with one attached hydrogen (secondary N) is 1. The monoisotopic (exact) mass is 305 g/mol. The molecule has 1 N–H and O–H groups in total. The molecular formula is C19H31NO2. The number of rotatable bonds is 10. The van der Waals surface area contributed by atoms with Crippen molar-refractivity contribution in [3.05, 3.63) is 29.3 Å². The highest BCUT2D eigenvalue weighted by Gasteiger charge is 2.06. The Labute approximate surface area is 135 Å². The molecule has 0 spiro atoms. The lowest BCUT2D eigenvalue weighted by Crippen LogP contribution is -2.15. The topological polar surface area (TPSA) is 38.3 Å². The minimum absolute atomic E-state index is 0.350. The zero-order valence-corrected chi connectivity index (χ0v) is 14.4. The van der Waals surface area contributed by atoms with Crippen LogP contribution in [0.5, 0.6) is 0 Å². The van der Waals surface area contributed by atoms with E-state index in [-0.39, 0.29) is 6.09 Å². The number of hydrogen-bond donors (Lipinski definition) is 1. The molecule has 0 unspecified atom stereocenters. The van der Waals surface area contributed by atoms with E-state index < -0.39 is 0 Å². The molecule has 0 atom stereocenters. The molecular weight excluding hydrogens is 274 g/mol. The molecule has 3 heteroatoms. The van der Waals surface area contributed by atoms with Gasteiger partial charge in [0.2, 0.25) is 0 Å². The summed E-state index contributed by atoms with van der Waals surface area (Å²) in [5, 5.41) is 2.82. The van der Waals surface area contributed by atoms with Gasteiger partial charge in [-0.2, -0.15) is 0 Å². The second kappa shape index (κ2) is 11.1. The normalized spacial score (nSPS) is 10.5. The highest BCUT2D eigenvalue weighted by molar-refractivity contribution is 5.85. The highest BCUT2D eigenvalue weighted by Crippen LogP contribution is 2.18. The van der Waals surface area contributed by atoms with Crippen molar-refractivity contribution in [3.8, 4) is 0 Å². The number of anilines is 1. The summed E-state index contributed by atoms with van der Waals surface area (Å²) < 4.78 is 5.24. The van der Waals surface area contributed by atoms with Crippen LogP contribution in [-0.4, -0.2) is 12.7 Å². The molecule has 1 amide bonds. The minimum atomic E-state index is -0.350. The fourth-order valence-corrected chi connectivity index (χ4v) is 2.43. The van der Waals surface area contributed by atoms with Crippen LogP contribution in [0.25, 0.3) is 0 Å². The number of unbranched alkanes of at least 4 members (excludes halogenated alkanes) is 7. The molecule has 1 aromatic rings. The number of ether oxygens (including phenoxy) is 1. The van der Waals surface area contributed by atoms with E-state index in [2.05, 4.69) is 12.2 Å². The zero-order chi connectivity index (χ0) is 16.2. The number of hydrogen-bond acceptors (Lipinski definition) is 2. The summed E-state index contributed by atoms with van der Waals surface area (Å²) in [6, 6.07) is 5.88. The molecule has 0 radical (unpaired) electrons. The van der Waals surface area contributed by atoms with E-state index in [1.807, 2.05) is 32.0 Å². The quantitative estimate of drug-likeness (QED) is 0.539. The van der Waals surface area contributed by atoms with Crippen molar-refractivity contribution in [2.24, 2.45) is 0 Å². The Balaban J connectivity index is 2.08. The second-order valence-corrected chi connectivity index (χ2v) is 5.98. The number of carbonyl (C=O) groups excluding carboxylic acids is 1. The van der Waals surface area contributed by atoms with E-state index in [1.54, 1.807) is 0 Å². The molecule has 124 valence electrons. The zero-order valence-electron chi connectivity index (χ0n) is 14.4. The Kier molecular flexibility index (Phi) is 9.36. The van der Waals surface area contributed by atoms with Gasteiger partial charge in [0.1, 0.15) is 0 Å². The van der Waals surface area contributed by atoms with Gasteiger partial charge in [0.25, 0.3) is 0 Å². The minimum Gasteiger partial charge on any atom is -0.449 e. The van der Waals surface area contributed by atoms with Crippen LogP contribution in [0.2, 0.25) is 0 Å². The fourth-order valence-electron chi connectivity index (χ4n) is 2.43. The summed E-state index contributed by atoms with van der Waals surface area (Å²) in [6.07, 6.45) is 9.62. The van der Waals surface area contributed by atoms with Crippen LogP contribution in [0.1, 0.15) is 69.4 Å². The average Bonchev–Trinajstić information content (AvgIpc) is 2.50. The molecule has 0 saturated carbocycles. The molecule has 0 aliphatic rings. The predicted molar refractivity (Wildman–Crippen MR) is 93.5 cm³/mol. The summed E-state index contributed by atoms with van der Waals surface area (Å²) in [4.78, 5) is 11.7. The van der Waals surface area contributed by atoms with Crippen molar-refractivity contribution >= 4 is 11.8 Å². The Bertz CT molecular complexity index is 443. The first kappa shape index (κ1) is 18.5. The van der Waals surface area contributed by atoms with Crippen molar-refractivity contribution in [1.82, 2.24) is 0 Å². The Morgan fingerprint density at radius 2 is 1.64 bits per heavy atom. The van der Waals surface area contributed by atoms with Gasteiger partial charge in [0.05, 0.1) is 6.61 Å². The molecule has 0 aliphatic heterocycles. The van der Waals surface area contributed by atoms with Gasteiger partial charge in [-0.1, -0.05) is 64.0 Å². The first-order valence-corrected chi connectivity index (χ1v) is 8.65. The van der Waals surface area contributed by atoms with Crippen LogP contribution >= 0.6 is 0 Å². The third-order valence-electron chi connectivity index (χ3n) is 4.07. The van der Waals surface area contributed by atoms with Gasteiger partial charge >= 0.3 is 6.09 Å². The fraction of sp³-hybridized carbons (Fsp3) is 0.632. The van der Waals surface area contributed by atoms with E-state index >= 15 is 0 Å². The summed E-state index contributed by atoms with van der Waals surface area (Å²) >= 11 is 0. The lowest BCUT2D eigenvalue weighted by molar-refractivity contribution is 0.159. The van der Waals surface area contributed by atoms with Crippen LogP contribution in [0.4, 0.5) is 10.5 Å². The molecule has 0 bridgehead atoms. The summed E-state index contributed by atoms with van der Waals surface area (Å²) in [6.45, 7) is 6.78. The van der Waals surface area contributed by atoms with Gasteiger partial charge in [-0.25, -0.2) is 4.79 Å². The molecule has 0 saturated heterocycles. The first-order chi connectivity index (χ1) is 10.6. The Morgan fingerprint density at radius 3 is 2.32 bits per heavy atom. The lowest BCUT2D eigenvalue weighted by Gasteiger charge is -2.10. The standard InChI is InChI=1S/C19H31NO2/c1-4-5-6-7-8-9-10-11-15-22-19(21)20-18-14-12-13-16(2)17(18)3/h12-14H,4-11,15H2,1-3H3,(H,20,21). The molecule has 0 aliphatic carbocycles. The molecule has 3 nitrogen and oxygen atoms in total. The van der Waals surface area contributed by atoms with Crippen molar-refractivity contribution < 1.29 is 9.53 Å². The van der Waals surface area contributed by atoms with Crippen molar-refractivity contribution in [1.29, 1.82) is 0 Å². The number of carbonyl (C=O) groups is 1. The third-order valence-corrected chi connectivity index (χ3v) is 4.07. The Morgan fingerprint density at radius 1 is 1.00 bits per heavy atom. The summed E-state index contributed by atoms with van der Waals surface area (Å²) in [5.74, 6) is 0. The number of amides is 1. The van der Waals surface area contributed by atoms with Crippen molar-refractivity contribution in [3.63, 3.8) is 0 Å². The Hall–Kier alpha value is -1.51. The van der Waals surface area contributed by atoms with Gasteiger partial charge in [-0.15, -0.1) is 0 Å². The summed E-state index contributed by atoms with van der Waals surface area (Å²) in [7, 11) is 0. The SMILES string of the molecule is CCCCCCCCCCOC(=O)Nc1cccc(C)c1C. The van der Waals surface area contributed by atoms with Gasteiger partial charge in [0, 0.05) is 5.69 Å². The first-order valence-electron chi connectivity index (χ1n) is 8.65. The molecule has 0 fully saturated rings. The molecule has 1 rings (SSSR count). The second-order valence-electron chi connectivity index (χ2n) is 5.98. The van der Waals surface area contributed by atoms with Gasteiger partial charge in [-0.05, 0) is 37.5 Å². The van der Waals surface area contributed by atoms with E-state index in [4.69, 9.17) is 4.74 Å². The lowest BCUT2D eigenvalue weighted by atomic mass is 10.1. The maximum atomic E-state index is 11.7. The molecule has 22 heavy (non-hydrogen) atoms. The summed E-state index contributed by atoms with van der Waals surface area (Å²) in [5.41, 5.74) is 3.09. The van der Waals surface area contributed by atoms with E-state index in [0.29, 0.717) is 6.61 Å². The van der Waals surface area contributed by atoms with Crippen LogP contribution in [0.3, 0.4) is 0 Å². The molecule has 0 aromatic heterocycles. The van der Waals surface area contributed by atoms with E-state index in [9.17, 15) is 4.79 Å². The largest absolute Gasteiger partial charge is 0.449 e. The smallest absolute Gasteiger partial charge is 0.411 e. The van der Waals surface area contributed by atoms with Gasteiger partial charge in [-0.3, -0.25) is 5.32 Å². The van der Waals surface area contributed by atoms with E-state index in [1.165, 1.54) is 44.1 Å². The average molecular weight is 305 g/mol. The third kappa shape index (κ3) is 7.48. The van der Waals surface area contributed by atoms with Crippen molar-refractivity contribution in [2.45, 2.75) is 72.1 Å². The van der Waals surface area contributed by atoms with Crippen molar-refractivity contribution in [2.75, 3.05) is 11.9 Å². The predicted octanol–water partition coefficient (Wildman–Crippen LogP) is 5.99. The van der Waals surface area contributed by atoms with Crippen LogP contribution in [0, 0.1) is 13.8 Å². The van der Waals surface area contributed by atoms with E-state index in [0.717, 1.165) is 24.1 Å². The number of aryl methyl sites for hydroxylation is 1. The maximum Gasteiger partial charge on any atom is 0.411 e. The van der Waals surface area contributed by atoms with Gasteiger partial charge in [0.15, 0.2) is 0 Å². The molecule has 1 aromatic carbocycles. The van der Waals surface area contributed by atoms with Gasteiger partial charge < -0.3 is 4.74 Å². The molecule has 0 heterocycles.